The fourth-order valence-corrected chi connectivity index (χ4v) is 3.13. The molecule has 0 radical (unpaired) electrons. The Balaban J connectivity index is 1.73. The van der Waals surface area contributed by atoms with Crippen LogP contribution in [0.5, 0.6) is 5.88 Å². The van der Waals surface area contributed by atoms with Crippen molar-refractivity contribution in [2.75, 3.05) is 37.7 Å². The lowest BCUT2D eigenvalue weighted by molar-refractivity contribution is 0.0762. The van der Waals surface area contributed by atoms with Crippen molar-refractivity contribution < 1.29 is 9.53 Å². The maximum atomic E-state index is 13.0. The third-order valence-electron chi connectivity index (χ3n) is 4.42. The van der Waals surface area contributed by atoms with Crippen molar-refractivity contribution in [3.8, 4) is 5.88 Å². The number of pyridine rings is 1. The predicted molar refractivity (Wildman–Crippen MR) is 99.3 cm³/mol. The molecular weight excluding hydrogens is 314 g/mol. The number of aromatic nitrogens is 1. The van der Waals surface area contributed by atoms with Gasteiger partial charge in [-0.1, -0.05) is 18.2 Å². The van der Waals surface area contributed by atoms with Crippen LogP contribution in [0, 0.1) is 6.92 Å². The van der Waals surface area contributed by atoms with Gasteiger partial charge in [-0.2, -0.15) is 0 Å². The summed E-state index contributed by atoms with van der Waals surface area (Å²) in [6.07, 6.45) is 0.948. The van der Waals surface area contributed by atoms with Crippen molar-refractivity contribution in [1.29, 1.82) is 0 Å². The highest BCUT2D eigenvalue weighted by Gasteiger charge is 2.23. The zero-order valence-electron chi connectivity index (χ0n) is 14.9. The molecular formula is C20H25N3O2. The van der Waals surface area contributed by atoms with Crippen LogP contribution in [0.3, 0.4) is 0 Å². The number of carbonyl (C=O) groups is 1. The minimum Gasteiger partial charge on any atom is -0.477 e. The number of nitrogens with zero attached hydrogens (tertiary/aromatic N) is 3. The molecule has 5 heteroatoms. The van der Waals surface area contributed by atoms with Gasteiger partial charge >= 0.3 is 0 Å². The molecule has 0 saturated carbocycles. The van der Waals surface area contributed by atoms with E-state index in [1.54, 1.807) is 0 Å². The van der Waals surface area contributed by atoms with Gasteiger partial charge in [-0.25, -0.2) is 4.98 Å². The Morgan fingerprint density at radius 2 is 1.88 bits per heavy atom. The number of para-hydroxylation sites is 1. The standard InChI is InChI=1S/C20H25N3O2/c1-3-25-19-18(11-10-16(2)21-19)20(24)23-13-7-12-22(14-15-23)17-8-5-4-6-9-17/h4-6,8-11H,3,7,12-15H2,1-2H3. The lowest BCUT2D eigenvalue weighted by Gasteiger charge is -2.24. The third-order valence-corrected chi connectivity index (χ3v) is 4.42. The molecule has 3 rings (SSSR count). The summed E-state index contributed by atoms with van der Waals surface area (Å²) in [5.41, 5.74) is 2.62. The molecule has 25 heavy (non-hydrogen) atoms. The Hall–Kier alpha value is -2.56. The number of aryl methyl sites for hydroxylation is 1. The van der Waals surface area contributed by atoms with Crippen LogP contribution in [-0.2, 0) is 0 Å². The topological polar surface area (TPSA) is 45.7 Å². The molecule has 2 aromatic rings. The molecule has 5 nitrogen and oxygen atoms in total. The molecule has 0 atom stereocenters. The van der Waals surface area contributed by atoms with E-state index in [4.69, 9.17) is 4.74 Å². The summed E-state index contributed by atoms with van der Waals surface area (Å²) in [6.45, 7) is 7.55. The predicted octanol–water partition coefficient (Wildman–Crippen LogP) is 3.14. The highest BCUT2D eigenvalue weighted by molar-refractivity contribution is 5.96. The van der Waals surface area contributed by atoms with E-state index in [0.717, 1.165) is 31.7 Å². The van der Waals surface area contributed by atoms with Crippen molar-refractivity contribution in [3.05, 3.63) is 53.7 Å². The number of benzene rings is 1. The molecule has 1 aliphatic heterocycles. The van der Waals surface area contributed by atoms with Crippen molar-refractivity contribution in [1.82, 2.24) is 9.88 Å². The zero-order chi connectivity index (χ0) is 17.6. The minimum absolute atomic E-state index is 0.00543. The van der Waals surface area contributed by atoms with Crippen LogP contribution < -0.4 is 9.64 Å². The van der Waals surface area contributed by atoms with Gasteiger partial charge in [-0.3, -0.25) is 4.79 Å². The van der Waals surface area contributed by atoms with Crippen LogP contribution in [-0.4, -0.2) is 48.6 Å². The summed E-state index contributed by atoms with van der Waals surface area (Å²) in [5.74, 6) is 0.447. The fraction of sp³-hybridized carbons (Fsp3) is 0.400. The Bertz CT molecular complexity index is 718. The summed E-state index contributed by atoms with van der Waals surface area (Å²) in [7, 11) is 0. The van der Waals surface area contributed by atoms with Crippen LogP contribution in [0.1, 0.15) is 29.4 Å². The van der Waals surface area contributed by atoms with Crippen molar-refractivity contribution >= 4 is 11.6 Å². The molecule has 0 unspecified atom stereocenters. The molecule has 1 aliphatic rings. The molecule has 1 amide bonds. The SMILES string of the molecule is CCOc1nc(C)ccc1C(=O)N1CCCN(c2ccccc2)CC1. The maximum Gasteiger partial charge on any atom is 0.259 e. The first-order valence-corrected chi connectivity index (χ1v) is 8.88. The second-order valence-corrected chi connectivity index (χ2v) is 6.21. The molecule has 1 fully saturated rings. The molecule has 2 heterocycles. The largest absolute Gasteiger partial charge is 0.477 e. The molecule has 0 spiro atoms. The quantitative estimate of drug-likeness (QED) is 0.858. The second kappa shape index (κ2) is 8.01. The summed E-state index contributed by atoms with van der Waals surface area (Å²) >= 11 is 0. The van der Waals surface area contributed by atoms with E-state index in [1.807, 2.05) is 36.9 Å². The molecule has 0 N–H and O–H groups in total. The summed E-state index contributed by atoms with van der Waals surface area (Å²) in [4.78, 5) is 21.6. The van der Waals surface area contributed by atoms with Gasteiger partial charge in [0.1, 0.15) is 5.56 Å². The highest BCUT2D eigenvalue weighted by atomic mass is 16.5. The van der Waals surface area contributed by atoms with E-state index >= 15 is 0 Å². The number of hydrogen-bond acceptors (Lipinski definition) is 4. The van der Waals surface area contributed by atoms with Gasteiger partial charge in [0.2, 0.25) is 5.88 Å². The normalized spacial score (nSPS) is 15.0. The van der Waals surface area contributed by atoms with E-state index in [1.165, 1.54) is 5.69 Å². The maximum absolute atomic E-state index is 13.0. The van der Waals surface area contributed by atoms with Crippen LogP contribution in [0.4, 0.5) is 5.69 Å². The first-order valence-electron chi connectivity index (χ1n) is 8.88. The van der Waals surface area contributed by atoms with Crippen LogP contribution in [0.15, 0.2) is 42.5 Å². The van der Waals surface area contributed by atoms with Gasteiger partial charge in [-0.15, -0.1) is 0 Å². The lowest BCUT2D eigenvalue weighted by Crippen LogP contribution is -2.35. The molecule has 132 valence electrons. The van der Waals surface area contributed by atoms with Gasteiger partial charge in [0, 0.05) is 37.6 Å². The zero-order valence-corrected chi connectivity index (χ0v) is 14.9. The number of carbonyl (C=O) groups excluding carboxylic acids is 1. The van der Waals surface area contributed by atoms with E-state index in [-0.39, 0.29) is 5.91 Å². The van der Waals surface area contributed by atoms with Crippen molar-refractivity contribution in [3.63, 3.8) is 0 Å². The molecule has 0 bridgehead atoms. The Labute approximate surface area is 149 Å². The number of hydrogen-bond donors (Lipinski definition) is 0. The van der Waals surface area contributed by atoms with Crippen molar-refractivity contribution in [2.45, 2.75) is 20.3 Å². The average molecular weight is 339 g/mol. The minimum atomic E-state index is 0.00543. The molecule has 0 aliphatic carbocycles. The highest BCUT2D eigenvalue weighted by Crippen LogP contribution is 2.21. The first kappa shape index (κ1) is 17.3. The van der Waals surface area contributed by atoms with Gasteiger partial charge in [0.25, 0.3) is 5.91 Å². The Morgan fingerprint density at radius 1 is 1.08 bits per heavy atom. The fourth-order valence-electron chi connectivity index (χ4n) is 3.13. The van der Waals surface area contributed by atoms with Crippen LogP contribution >= 0.6 is 0 Å². The number of amides is 1. The molecule has 1 aromatic heterocycles. The van der Waals surface area contributed by atoms with E-state index < -0.39 is 0 Å². The Kier molecular flexibility index (Phi) is 5.53. The van der Waals surface area contributed by atoms with Gasteiger partial charge < -0.3 is 14.5 Å². The van der Waals surface area contributed by atoms with Gasteiger partial charge in [-0.05, 0) is 44.5 Å². The lowest BCUT2D eigenvalue weighted by atomic mass is 10.2. The number of rotatable bonds is 4. The number of ether oxygens (including phenoxy) is 1. The van der Waals surface area contributed by atoms with Crippen LogP contribution in [0.25, 0.3) is 0 Å². The molecule has 1 aromatic carbocycles. The Morgan fingerprint density at radius 3 is 2.64 bits per heavy atom. The van der Waals surface area contributed by atoms with E-state index in [2.05, 4.69) is 34.1 Å². The van der Waals surface area contributed by atoms with E-state index in [0.29, 0.717) is 24.6 Å². The average Bonchev–Trinajstić information content (AvgIpc) is 2.89. The third kappa shape index (κ3) is 4.10. The van der Waals surface area contributed by atoms with Gasteiger partial charge in [0.05, 0.1) is 6.61 Å². The number of anilines is 1. The van der Waals surface area contributed by atoms with E-state index in [9.17, 15) is 4.79 Å². The van der Waals surface area contributed by atoms with Crippen molar-refractivity contribution in [2.24, 2.45) is 0 Å². The summed E-state index contributed by atoms with van der Waals surface area (Å²) < 4.78 is 5.58. The van der Waals surface area contributed by atoms with Crippen LogP contribution in [0.2, 0.25) is 0 Å². The second-order valence-electron chi connectivity index (χ2n) is 6.21. The first-order chi connectivity index (χ1) is 12.2. The summed E-state index contributed by atoms with van der Waals surface area (Å²) in [6, 6.07) is 14.1. The summed E-state index contributed by atoms with van der Waals surface area (Å²) in [5, 5.41) is 0. The van der Waals surface area contributed by atoms with Gasteiger partial charge in [0.15, 0.2) is 0 Å². The smallest absolute Gasteiger partial charge is 0.259 e. The monoisotopic (exact) mass is 339 g/mol. The molecule has 1 saturated heterocycles.